The maximum absolute atomic E-state index is 11.9. The van der Waals surface area contributed by atoms with E-state index < -0.39 is 0 Å². The van der Waals surface area contributed by atoms with Crippen LogP contribution in [-0.2, 0) is 19.0 Å². The molecule has 5 nitrogen and oxygen atoms in total. The fraction of sp³-hybridized carbons (Fsp3) is 0.375. The Morgan fingerprint density at radius 3 is 2.77 bits per heavy atom. The van der Waals surface area contributed by atoms with Crippen LogP contribution in [0.1, 0.15) is 25.0 Å². The van der Waals surface area contributed by atoms with E-state index >= 15 is 0 Å². The number of carbonyl (C=O) groups excluding carboxylic acids is 1. The van der Waals surface area contributed by atoms with Gasteiger partial charge in [-0.3, -0.25) is 4.68 Å². The molecule has 0 saturated carbocycles. The van der Waals surface area contributed by atoms with Crippen LogP contribution < -0.4 is 10.6 Å². The van der Waals surface area contributed by atoms with E-state index in [1.54, 1.807) is 10.9 Å². The van der Waals surface area contributed by atoms with Crippen molar-refractivity contribution >= 4 is 17.6 Å². The number of halogens is 1. The third-order valence-electron chi connectivity index (χ3n) is 3.51. The number of benzene rings is 1. The fourth-order valence-electron chi connectivity index (χ4n) is 2.12. The first-order valence-electron chi connectivity index (χ1n) is 7.12. The molecule has 2 N–H and O–H groups in total. The molecule has 22 heavy (non-hydrogen) atoms. The van der Waals surface area contributed by atoms with Crippen LogP contribution in [0.15, 0.2) is 36.7 Å². The Balaban J connectivity index is 1.84. The lowest BCUT2D eigenvalue weighted by Crippen LogP contribution is -2.42. The lowest BCUT2D eigenvalue weighted by atomic mass is 9.85. The highest BCUT2D eigenvalue weighted by atomic mass is 35.5. The van der Waals surface area contributed by atoms with Crippen LogP contribution in [0.25, 0.3) is 0 Å². The number of aromatic nitrogens is 2. The molecule has 0 aliphatic carbocycles. The lowest BCUT2D eigenvalue weighted by molar-refractivity contribution is 0.238. The summed E-state index contributed by atoms with van der Waals surface area (Å²) in [5.41, 5.74) is 1.86. The lowest BCUT2D eigenvalue weighted by Gasteiger charge is -2.26. The first-order chi connectivity index (χ1) is 10.4. The Labute approximate surface area is 135 Å². The molecule has 6 heteroatoms. The van der Waals surface area contributed by atoms with Crippen molar-refractivity contribution in [3.63, 3.8) is 0 Å². The normalized spacial score (nSPS) is 11.3. The van der Waals surface area contributed by atoms with Gasteiger partial charge >= 0.3 is 6.03 Å². The summed E-state index contributed by atoms with van der Waals surface area (Å²) in [5.74, 6) is 0. The quantitative estimate of drug-likeness (QED) is 0.890. The minimum atomic E-state index is -0.198. The van der Waals surface area contributed by atoms with Gasteiger partial charge in [0.25, 0.3) is 0 Å². The smallest absolute Gasteiger partial charge is 0.315 e. The molecule has 2 amide bonds. The van der Waals surface area contributed by atoms with Crippen LogP contribution >= 0.6 is 11.6 Å². The molecule has 1 aromatic carbocycles. The summed E-state index contributed by atoms with van der Waals surface area (Å²) in [6.45, 7) is 5.11. The van der Waals surface area contributed by atoms with Crippen molar-refractivity contribution in [1.29, 1.82) is 0 Å². The monoisotopic (exact) mass is 320 g/mol. The van der Waals surface area contributed by atoms with Crippen LogP contribution in [0.5, 0.6) is 0 Å². The van der Waals surface area contributed by atoms with Crippen molar-refractivity contribution in [2.75, 3.05) is 6.54 Å². The third kappa shape index (κ3) is 4.49. The molecule has 0 aliphatic rings. The molecule has 0 unspecified atom stereocenters. The molecule has 0 fully saturated rings. The molecule has 0 aliphatic heterocycles. The van der Waals surface area contributed by atoms with E-state index in [-0.39, 0.29) is 11.4 Å². The number of nitrogens with one attached hydrogen (secondary N) is 2. The topological polar surface area (TPSA) is 59.0 Å². The van der Waals surface area contributed by atoms with Gasteiger partial charge in [0.2, 0.25) is 0 Å². The van der Waals surface area contributed by atoms with Crippen LogP contribution in [-0.4, -0.2) is 22.4 Å². The van der Waals surface area contributed by atoms with Gasteiger partial charge in [-0.2, -0.15) is 5.10 Å². The average molecular weight is 321 g/mol. The van der Waals surface area contributed by atoms with Gasteiger partial charge in [0, 0.05) is 42.3 Å². The second kappa shape index (κ2) is 6.83. The molecule has 118 valence electrons. The van der Waals surface area contributed by atoms with E-state index in [1.165, 1.54) is 0 Å². The number of hydrogen-bond donors (Lipinski definition) is 2. The Morgan fingerprint density at radius 2 is 2.14 bits per heavy atom. The minimum absolute atomic E-state index is 0.195. The van der Waals surface area contributed by atoms with E-state index in [2.05, 4.69) is 29.6 Å². The predicted octanol–water partition coefficient (Wildman–Crippen LogP) is 2.85. The second-order valence-corrected chi connectivity index (χ2v) is 6.39. The first kappa shape index (κ1) is 16.4. The van der Waals surface area contributed by atoms with Crippen molar-refractivity contribution in [1.82, 2.24) is 20.4 Å². The number of amides is 2. The van der Waals surface area contributed by atoms with E-state index in [0.717, 1.165) is 11.1 Å². The number of hydrogen-bond acceptors (Lipinski definition) is 2. The Hall–Kier alpha value is -2.01. The highest BCUT2D eigenvalue weighted by molar-refractivity contribution is 6.30. The number of aryl methyl sites for hydroxylation is 1. The zero-order valence-corrected chi connectivity index (χ0v) is 13.8. The summed E-state index contributed by atoms with van der Waals surface area (Å²) in [7, 11) is 1.84. The molecule has 2 rings (SSSR count). The predicted molar refractivity (Wildman–Crippen MR) is 87.9 cm³/mol. The number of nitrogens with zero attached hydrogens (tertiary/aromatic N) is 2. The van der Waals surface area contributed by atoms with Gasteiger partial charge in [-0.1, -0.05) is 37.6 Å². The Bertz CT molecular complexity index is 651. The number of urea groups is 1. The van der Waals surface area contributed by atoms with Crippen molar-refractivity contribution < 1.29 is 4.79 Å². The number of carbonyl (C=O) groups is 1. The van der Waals surface area contributed by atoms with E-state index in [0.29, 0.717) is 18.1 Å². The largest absolute Gasteiger partial charge is 0.337 e. The molecule has 0 radical (unpaired) electrons. The number of rotatable bonds is 5. The summed E-state index contributed by atoms with van der Waals surface area (Å²) in [5, 5.41) is 10.5. The van der Waals surface area contributed by atoms with Crippen LogP contribution in [0.4, 0.5) is 4.79 Å². The van der Waals surface area contributed by atoms with Gasteiger partial charge < -0.3 is 10.6 Å². The SMILES string of the molecule is Cn1cc(CNC(=O)NCC(C)(C)c2cccc(Cl)c2)cn1. The van der Waals surface area contributed by atoms with Crippen LogP contribution in [0.2, 0.25) is 5.02 Å². The zero-order valence-electron chi connectivity index (χ0n) is 13.1. The Kier molecular flexibility index (Phi) is 5.08. The van der Waals surface area contributed by atoms with Gasteiger partial charge in [-0.05, 0) is 17.7 Å². The van der Waals surface area contributed by atoms with Crippen LogP contribution in [0, 0.1) is 0 Å². The Morgan fingerprint density at radius 1 is 1.36 bits per heavy atom. The standard InChI is InChI=1S/C16H21ClN4O/c1-16(2,13-5-4-6-14(17)7-13)11-19-15(22)18-8-12-9-20-21(3)10-12/h4-7,9-10H,8,11H2,1-3H3,(H2,18,19,22). The van der Waals surface area contributed by atoms with E-state index in [1.807, 2.05) is 37.5 Å². The first-order valence-corrected chi connectivity index (χ1v) is 7.50. The van der Waals surface area contributed by atoms with E-state index in [9.17, 15) is 4.79 Å². The highest BCUT2D eigenvalue weighted by Gasteiger charge is 2.21. The average Bonchev–Trinajstić information content (AvgIpc) is 2.89. The molecule has 2 aromatic rings. The molecular formula is C16H21ClN4O. The molecule has 0 atom stereocenters. The van der Waals surface area contributed by atoms with Gasteiger partial charge in [-0.15, -0.1) is 0 Å². The molecule has 0 saturated heterocycles. The van der Waals surface area contributed by atoms with Crippen molar-refractivity contribution in [2.24, 2.45) is 7.05 Å². The van der Waals surface area contributed by atoms with E-state index in [4.69, 9.17) is 11.6 Å². The van der Waals surface area contributed by atoms with Crippen molar-refractivity contribution in [2.45, 2.75) is 25.8 Å². The summed E-state index contributed by atoms with van der Waals surface area (Å²) in [6, 6.07) is 7.51. The minimum Gasteiger partial charge on any atom is -0.337 e. The molecule has 0 bridgehead atoms. The van der Waals surface area contributed by atoms with Crippen molar-refractivity contribution in [3.05, 3.63) is 52.8 Å². The summed E-state index contributed by atoms with van der Waals surface area (Å²) in [4.78, 5) is 11.9. The zero-order chi connectivity index (χ0) is 16.2. The van der Waals surface area contributed by atoms with Gasteiger partial charge in [0.15, 0.2) is 0 Å². The van der Waals surface area contributed by atoms with Gasteiger partial charge in [0.05, 0.1) is 6.20 Å². The molecule has 1 aromatic heterocycles. The van der Waals surface area contributed by atoms with Gasteiger partial charge in [0.1, 0.15) is 0 Å². The maximum Gasteiger partial charge on any atom is 0.315 e. The summed E-state index contributed by atoms with van der Waals surface area (Å²) >= 11 is 6.03. The maximum atomic E-state index is 11.9. The highest BCUT2D eigenvalue weighted by Crippen LogP contribution is 2.24. The van der Waals surface area contributed by atoms with Crippen LogP contribution in [0.3, 0.4) is 0 Å². The van der Waals surface area contributed by atoms with Crippen molar-refractivity contribution in [3.8, 4) is 0 Å². The fourth-order valence-corrected chi connectivity index (χ4v) is 2.31. The van der Waals surface area contributed by atoms with Gasteiger partial charge in [-0.25, -0.2) is 4.79 Å². The molecule has 1 heterocycles. The second-order valence-electron chi connectivity index (χ2n) is 5.95. The summed E-state index contributed by atoms with van der Waals surface area (Å²) < 4.78 is 1.71. The summed E-state index contributed by atoms with van der Waals surface area (Å²) in [6.07, 6.45) is 3.60. The molecule has 0 spiro atoms. The third-order valence-corrected chi connectivity index (χ3v) is 3.74. The molecular weight excluding hydrogens is 300 g/mol.